The zero-order chi connectivity index (χ0) is 16.1. The van der Waals surface area contributed by atoms with E-state index in [1.54, 1.807) is 0 Å². The second-order valence-electron chi connectivity index (χ2n) is 5.00. The Morgan fingerprint density at radius 1 is 1.23 bits per heavy atom. The Morgan fingerprint density at radius 3 is 2.50 bits per heavy atom. The molecular weight excluding hydrogens is 305 g/mol. The SMILES string of the molecule is COC(=O)[C@H](F)C(N)Cc1ccc(-c2cccc(Cl)c2)cc1. The molecule has 3 nitrogen and oxygen atoms in total. The van der Waals surface area contributed by atoms with Gasteiger partial charge in [-0.25, -0.2) is 9.18 Å². The summed E-state index contributed by atoms with van der Waals surface area (Å²) in [5.74, 6) is -0.942. The maximum atomic E-state index is 13.7. The Hall–Kier alpha value is -1.91. The molecular formula is C17H17ClFNO2. The number of hydrogen-bond acceptors (Lipinski definition) is 3. The third-order valence-corrected chi connectivity index (χ3v) is 3.62. The summed E-state index contributed by atoms with van der Waals surface area (Å²) in [6.45, 7) is 0. The zero-order valence-corrected chi connectivity index (χ0v) is 12.9. The van der Waals surface area contributed by atoms with Crippen molar-refractivity contribution in [3.63, 3.8) is 0 Å². The van der Waals surface area contributed by atoms with Crippen molar-refractivity contribution in [2.45, 2.75) is 18.6 Å². The molecule has 2 aromatic rings. The van der Waals surface area contributed by atoms with Crippen LogP contribution >= 0.6 is 11.6 Å². The smallest absolute Gasteiger partial charge is 0.342 e. The van der Waals surface area contributed by atoms with E-state index in [4.69, 9.17) is 17.3 Å². The molecule has 0 spiro atoms. The Balaban J connectivity index is 2.08. The molecule has 116 valence electrons. The fourth-order valence-electron chi connectivity index (χ4n) is 2.16. The van der Waals surface area contributed by atoms with Gasteiger partial charge in [0.2, 0.25) is 6.17 Å². The van der Waals surface area contributed by atoms with Crippen LogP contribution in [0.25, 0.3) is 11.1 Å². The van der Waals surface area contributed by atoms with E-state index in [0.29, 0.717) is 5.02 Å². The normalized spacial score (nSPS) is 13.5. The van der Waals surface area contributed by atoms with E-state index < -0.39 is 18.2 Å². The van der Waals surface area contributed by atoms with E-state index >= 15 is 0 Å². The second-order valence-corrected chi connectivity index (χ2v) is 5.44. The van der Waals surface area contributed by atoms with Crippen molar-refractivity contribution < 1.29 is 13.9 Å². The molecule has 1 unspecified atom stereocenters. The Morgan fingerprint density at radius 2 is 1.91 bits per heavy atom. The van der Waals surface area contributed by atoms with Gasteiger partial charge in [0.1, 0.15) is 0 Å². The van der Waals surface area contributed by atoms with Crippen LogP contribution in [0, 0.1) is 0 Å². The number of carbonyl (C=O) groups excluding carboxylic acids is 1. The Labute approximate surface area is 133 Å². The van der Waals surface area contributed by atoms with Crippen LogP contribution in [-0.4, -0.2) is 25.3 Å². The van der Waals surface area contributed by atoms with Crippen LogP contribution in [0.3, 0.4) is 0 Å². The highest BCUT2D eigenvalue weighted by Gasteiger charge is 2.25. The molecule has 0 aliphatic heterocycles. The second kappa shape index (κ2) is 7.38. The van der Waals surface area contributed by atoms with E-state index in [1.807, 2.05) is 48.5 Å². The van der Waals surface area contributed by atoms with Crippen molar-refractivity contribution >= 4 is 17.6 Å². The molecule has 2 atom stereocenters. The minimum absolute atomic E-state index is 0.256. The number of ether oxygens (including phenoxy) is 1. The fraction of sp³-hybridized carbons (Fsp3) is 0.235. The summed E-state index contributed by atoms with van der Waals surface area (Å²) in [4.78, 5) is 11.1. The lowest BCUT2D eigenvalue weighted by atomic mass is 9.99. The monoisotopic (exact) mass is 321 g/mol. The van der Waals surface area contributed by atoms with Gasteiger partial charge in [0.05, 0.1) is 13.2 Å². The van der Waals surface area contributed by atoms with E-state index in [0.717, 1.165) is 23.8 Å². The fourth-order valence-corrected chi connectivity index (χ4v) is 2.35. The van der Waals surface area contributed by atoms with Gasteiger partial charge in [0.25, 0.3) is 0 Å². The van der Waals surface area contributed by atoms with Gasteiger partial charge < -0.3 is 10.5 Å². The highest BCUT2D eigenvalue weighted by atomic mass is 35.5. The highest BCUT2D eigenvalue weighted by molar-refractivity contribution is 6.30. The summed E-state index contributed by atoms with van der Waals surface area (Å²) in [5.41, 5.74) is 8.56. The first kappa shape index (κ1) is 16.5. The average Bonchev–Trinajstić information content (AvgIpc) is 2.54. The first-order valence-corrected chi connectivity index (χ1v) is 7.21. The third-order valence-electron chi connectivity index (χ3n) is 3.39. The first-order chi connectivity index (χ1) is 10.5. The van der Waals surface area contributed by atoms with Crippen LogP contribution in [0.4, 0.5) is 4.39 Å². The molecule has 0 saturated carbocycles. The van der Waals surface area contributed by atoms with Gasteiger partial charge in [-0.15, -0.1) is 0 Å². The summed E-state index contributed by atoms with van der Waals surface area (Å²) in [7, 11) is 1.14. The number of carbonyl (C=O) groups is 1. The van der Waals surface area contributed by atoms with Crippen molar-refractivity contribution in [2.75, 3.05) is 7.11 Å². The molecule has 0 heterocycles. The number of methoxy groups -OCH3 is 1. The summed E-state index contributed by atoms with van der Waals surface area (Å²) in [6.07, 6.45) is -1.57. The summed E-state index contributed by atoms with van der Waals surface area (Å²) >= 11 is 5.97. The van der Waals surface area contributed by atoms with Crippen LogP contribution < -0.4 is 5.73 Å². The standard InChI is InChI=1S/C17H17ClFNO2/c1-22-17(21)16(19)15(20)9-11-5-7-12(8-6-11)13-3-2-4-14(18)10-13/h2-8,10,15-16H,9,20H2,1H3/t15?,16-/m1/s1. The van der Waals surface area contributed by atoms with Crippen molar-refractivity contribution in [3.8, 4) is 11.1 Å². The number of alkyl halides is 1. The first-order valence-electron chi connectivity index (χ1n) is 6.83. The van der Waals surface area contributed by atoms with E-state index in [2.05, 4.69) is 4.74 Å². The zero-order valence-electron chi connectivity index (χ0n) is 12.1. The third kappa shape index (κ3) is 4.06. The number of nitrogens with two attached hydrogens (primary N) is 1. The molecule has 0 aliphatic rings. The van der Waals surface area contributed by atoms with Gasteiger partial charge in [0.15, 0.2) is 0 Å². The predicted molar refractivity (Wildman–Crippen MR) is 85.5 cm³/mol. The van der Waals surface area contributed by atoms with Crippen LogP contribution in [0.2, 0.25) is 5.02 Å². The molecule has 0 fully saturated rings. The van der Waals surface area contributed by atoms with Crippen molar-refractivity contribution in [1.82, 2.24) is 0 Å². The maximum Gasteiger partial charge on any atom is 0.342 e. The Kier molecular flexibility index (Phi) is 5.52. The average molecular weight is 322 g/mol. The quantitative estimate of drug-likeness (QED) is 0.859. The summed E-state index contributed by atoms with van der Waals surface area (Å²) in [6, 6.07) is 14.2. The number of hydrogen-bond donors (Lipinski definition) is 1. The maximum absolute atomic E-state index is 13.7. The van der Waals surface area contributed by atoms with E-state index in [-0.39, 0.29) is 6.42 Å². The van der Waals surface area contributed by atoms with Crippen molar-refractivity contribution in [2.24, 2.45) is 5.73 Å². The topological polar surface area (TPSA) is 52.3 Å². The van der Waals surface area contributed by atoms with Gasteiger partial charge in [0, 0.05) is 5.02 Å². The van der Waals surface area contributed by atoms with Crippen LogP contribution in [0.15, 0.2) is 48.5 Å². The predicted octanol–water partition coefficient (Wildman–Crippen LogP) is 3.39. The molecule has 0 aromatic heterocycles. The molecule has 0 saturated heterocycles. The lowest BCUT2D eigenvalue weighted by Gasteiger charge is -2.15. The molecule has 2 aromatic carbocycles. The van der Waals surface area contributed by atoms with Crippen LogP contribution in [0.1, 0.15) is 5.56 Å². The molecule has 5 heteroatoms. The van der Waals surface area contributed by atoms with Gasteiger partial charge in [-0.1, -0.05) is 48.0 Å². The largest absolute Gasteiger partial charge is 0.467 e. The molecule has 2 rings (SSSR count). The summed E-state index contributed by atoms with van der Waals surface area (Å²) in [5, 5.41) is 0.668. The van der Waals surface area contributed by atoms with Gasteiger partial charge in [-0.3, -0.25) is 0 Å². The lowest BCUT2D eigenvalue weighted by Crippen LogP contribution is -2.39. The minimum Gasteiger partial charge on any atom is -0.467 e. The number of esters is 1. The molecule has 0 bridgehead atoms. The minimum atomic E-state index is -1.82. The number of benzene rings is 2. The van der Waals surface area contributed by atoms with Gasteiger partial charge in [-0.05, 0) is 35.2 Å². The van der Waals surface area contributed by atoms with Crippen LogP contribution in [0.5, 0.6) is 0 Å². The summed E-state index contributed by atoms with van der Waals surface area (Å²) < 4.78 is 18.0. The van der Waals surface area contributed by atoms with Crippen molar-refractivity contribution in [1.29, 1.82) is 0 Å². The van der Waals surface area contributed by atoms with E-state index in [1.165, 1.54) is 0 Å². The van der Waals surface area contributed by atoms with Crippen LogP contribution in [-0.2, 0) is 16.0 Å². The molecule has 0 amide bonds. The number of rotatable bonds is 5. The molecule has 22 heavy (non-hydrogen) atoms. The molecule has 0 radical (unpaired) electrons. The highest BCUT2D eigenvalue weighted by Crippen LogP contribution is 2.23. The lowest BCUT2D eigenvalue weighted by molar-refractivity contribution is -0.147. The van der Waals surface area contributed by atoms with Crippen molar-refractivity contribution in [3.05, 3.63) is 59.1 Å². The van der Waals surface area contributed by atoms with Gasteiger partial charge in [-0.2, -0.15) is 0 Å². The van der Waals surface area contributed by atoms with Gasteiger partial charge >= 0.3 is 5.97 Å². The van der Waals surface area contributed by atoms with E-state index in [9.17, 15) is 9.18 Å². The molecule has 0 aliphatic carbocycles. The molecule has 2 N–H and O–H groups in total. The Bertz CT molecular complexity index is 645. The number of halogens is 2.